The molecule has 1 aromatic rings. The van der Waals surface area contributed by atoms with Gasteiger partial charge in [0.15, 0.2) is 0 Å². The maximum atomic E-state index is 9.73. The predicted molar refractivity (Wildman–Crippen MR) is 101 cm³/mol. The minimum atomic E-state index is -1.08. The highest BCUT2D eigenvalue weighted by atomic mass is 16.5. The van der Waals surface area contributed by atoms with E-state index in [9.17, 15) is 14.7 Å². The number of aliphatic hydroxyl groups is 1. The van der Waals surface area contributed by atoms with Gasteiger partial charge < -0.3 is 30.1 Å². The molecule has 0 aliphatic heterocycles. The van der Waals surface area contributed by atoms with Crippen molar-refractivity contribution in [2.75, 3.05) is 26.9 Å². The SMILES string of the molecule is COCCc1ccc(OC[C@@H](O)CNC(C)C)cc1.O=C(O)CCC(=O)O. The van der Waals surface area contributed by atoms with E-state index in [1.165, 1.54) is 5.56 Å². The molecule has 0 amide bonds. The molecule has 0 aromatic heterocycles. The van der Waals surface area contributed by atoms with Gasteiger partial charge in [0.1, 0.15) is 18.5 Å². The minimum Gasteiger partial charge on any atom is -0.491 e. The summed E-state index contributed by atoms with van der Waals surface area (Å²) >= 11 is 0. The van der Waals surface area contributed by atoms with E-state index >= 15 is 0 Å². The van der Waals surface area contributed by atoms with Gasteiger partial charge in [0.2, 0.25) is 0 Å². The minimum absolute atomic E-state index is 0.296. The molecule has 1 rings (SSSR count). The van der Waals surface area contributed by atoms with E-state index in [4.69, 9.17) is 19.7 Å². The van der Waals surface area contributed by atoms with E-state index < -0.39 is 18.0 Å². The van der Waals surface area contributed by atoms with Crippen molar-refractivity contribution >= 4 is 11.9 Å². The summed E-state index contributed by atoms with van der Waals surface area (Å²) in [4.78, 5) is 19.3. The molecule has 0 aliphatic rings. The number of hydrogen-bond donors (Lipinski definition) is 4. The molecule has 1 aromatic carbocycles. The summed E-state index contributed by atoms with van der Waals surface area (Å²) < 4.78 is 10.6. The van der Waals surface area contributed by atoms with Gasteiger partial charge in [0.25, 0.3) is 0 Å². The lowest BCUT2D eigenvalue weighted by atomic mass is 10.1. The Kier molecular flexibility index (Phi) is 13.8. The lowest BCUT2D eigenvalue weighted by Gasteiger charge is -2.15. The molecule has 0 bridgehead atoms. The molecule has 154 valence electrons. The average molecular weight is 385 g/mol. The van der Waals surface area contributed by atoms with Gasteiger partial charge in [-0.1, -0.05) is 26.0 Å². The highest BCUT2D eigenvalue weighted by Crippen LogP contribution is 2.12. The molecule has 0 unspecified atom stereocenters. The first-order valence-electron chi connectivity index (χ1n) is 8.80. The summed E-state index contributed by atoms with van der Waals surface area (Å²) in [5.74, 6) is -1.37. The zero-order chi connectivity index (χ0) is 20.7. The number of carboxylic acid groups (broad SMARTS) is 2. The Hall–Kier alpha value is -2.16. The molecule has 4 N–H and O–H groups in total. The third-order valence-corrected chi connectivity index (χ3v) is 3.28. The number of methoxy groups -OCH3 is 1. The third kappa shape index (κ3) is 15.8. The predicted octanol–water partition coefficient (Wildman–Crippen LogP) is 1.55. The van der Waals surface area contributed by atoms with Gasteiger partial charge in [0, 0.05) is 19.7 Å². The summed E-state index contributed by atoms with van der Waals surface area (Å²) in [5.41, 5.74) is 1.22. The Bertz CT molecular complexity index is 517. The van der Waals surface area contributed by atoms with E-state index in [1.54, 1.807) is 7.11 Å². The van der Waals surface area contributed by atoms with Crippen LogP contribution in [0.2, 0.25) is 0 Å². The zero-order valence-corrected chi connectivity index (χ0v) is 16.2. The van der Waals surface area contributed by atoms with Gasteiger partial charge >= 0.3 is 11.9 Å². The Balaban J connectivity index is 0.000000713. The van der Waals surface area contributed by atoms with Crippen LogP contribution in [0.4, 0.5) is 0 Å². The molecule has 0 heterocycles. The van der Waals surface area contributed by atoms with Crippen molar-refractivity contribution in [1.29, 1.82) is 0 Å². The number of aliphatic carboxylic acids is 2. The summed E-state index contributed by atoms with van der Waals surface area (Å²) in [6, 6.07) is 8.26. The maximum Gasteiger partial charge on any atom is 0.303 e. The van der Waals surface area contributed by atoms with Crippen molar-refractivity contribution in [1.82, 2.24) is 5.32 Å². The molecule has 0 radical (unpaired) electrons. The van der Waals surface area contributed by atoms with Crippen molar-refractivity contribution in [2.45, 2.75) is 45.3 Å². The highest BCUT2D eigenvalue weighted by molar-refractivity contribution is 5.75. The number of nitrogens with one attached hydrogen (secondary N) is 1. The number of ether oxygens (including phenoxy) is 2. The van der Waals surface area contributed by atoms with Gasteiger partial charge in [-0.2, -0.15) is 0 Å². The van der Waals surface area contributed by atoms with Gasteiger partial charge in [0.05, 0.1) is 19.4 Å². The van der Waals surface area contributed by atoms with E-state index in [0.29, 0.717) is 19.2 Å². The van der Waals surface area contributed by atoms with Crippen molar-refractivity contribution < 1.29 is 34.4 Å². The summed E-state index contributed by atoms with van der Waals surface area (Å²) in [7, 11) is 1.70. The molecule has 8 nitrogen and oxygen atoms in total. The van der Waals surface area contributed by atoms with Crippen molar-refractivity contribution in [3.63, 3.8) is 0 Å². The number of rotatable bonds is 12. The van der Waals surface area contributed by atoms with Crippen molar-refractivity contribution in [3.05, 3.63) is 29.8 Å². The van der Waals surface area contributed by atoms with Gasteiger partial charge in [-0.05, 0) is 24.1 Å². The topological polar surface area (TPSA) is 125 Å². The molecule has 27 heavy (non-hydrogen) atoms. The first-order chi connectivity index (χ1) is 12.7. The number of aliphatic hydroxyl groups excluding tert-OH is 1. The van der Waals surface area contributed by atoms with Crippen LogP contribution in [0.5, 0.6) is 5.75 Å². The first kappa shape index (κ1) is 24.8. The molecule has 0 spiro atoms. The lowest BCUT2D eigenvalue weighted by Crippen LogP contribution is -2.35. The molecular weight excluding hydrogens is 354 g/mol. The van der Waals surface area contributed by atoms with Crippen LogP contribution in [-0.4, -0.2) is 66.3 Å². The van der Waals surface area contributed by atoms with Crippen LogP contribution in [0.25, 0.3) is 0 Å². The number of carbonyl (C=O) groups is 2. The van der Waals surface area contributed by atoms with Crippen LogP contribution < -0.4 is 10.1 Å². The Morgan fingerprint density at radius 3 is 2.07 bits per heavy atom. The number of hydrogen-bond acceptors (Lipinski definition) is 6. The number of carboxylic acids is 2. The second-order valence-corrected chi connectivity index (χ2v) is 6.20. The lowest BCUT2D eigenvalue weighted by molar-refractivity contribution is -0.143. The highest BCUT2D eigenvalue weighted by Gasteiger charge is 2.06. The second-order valence-electron chi connectivity index (χ2n) is 6.20. The first-order valence-corrected chi connectivity index (χ1v) is 8.80. The van der Waals surface area contributed by atoms with Crippen LogP contribution in [0, 0.1) is 0 Å². The van der Waals surface area contributed by atoms with Crippen molar-refractivity contribution in [3.8, 4) is 5.75 Å². The van der Waals surface area contributed by atoms with Gasteiger partial charge in [-0.25, -0.2) is 0 Å². The van der Waals surface area contributed by atoms with Crippen LogP contribution in [-0.2, 0) is 20.7 Å². The Morgan fingerprint density at radius 2 is 1.63 bits per heavy atom. The van der Waals surface area contributed by atoms with E-state index in [1.807, 2.05) is 38.1 Å². The fourth-order valence-electron chi connectivity index (χ4n) is 1.81. The molecule has 8 heteroatoms. The normalized spacial score (nSPS) is 11.4. The van der Waals surface area contributed by atoms with Crippen LogP contribution in [0.3, 0.4) is 0 Å². The monoisotopic (exact) mass is 385 g/mol. The Labute approximate surface area is 160 Å². The van der Waals surface area contributed by atoms with Gasteiger partial charge in [-0.3, -0.25) is 9.59 Å². The molecule has 0 saturated heterocycles. The Morgan fingerprint density at radius 1 is 1.07 bits per heavy atom. The largest absolute Gasteiger partial charge is 0.491 e. The summed E-state index contributed by atoms with van der Waals surface area (Å²) in [6.45, 7) is 5.67. The molecule has 0 fully saturated rings. The standard InChI is InChI=1S/C15H25NO3.C4H6O4/c1-12(2)16-10-14(17)11-19-15-6-4-13(5-7-15)8-9-18-3;5-3(6)1-2-4(7)8/h4-7,12,14,16-17H,8-11H2,1-3H3;1-2H2,(H,5,6)(H,7,8)/t14-;/m0./s1. The third-order valence-electron chi connectivity index (χ3n) is 3.28. The second kappa shape index (κ2) is 15.0. The van der Waals surface area contributed by atoms with Crippen LogP contribution >= 0.6 is 0 Å². The fraction of sp³-hybridized carbons (Fsp3) is 0.579. The summed E-state index contributed by atoms with van der Waals surface area (Å²) in [6.07, 6.45) is -0.182. The average Bonchev–Trinajstić information content (AvgIpc) is 2.62. The van der Waals surface area contributed by atoms with Crippen LogP contribution in [0.15, 0.2) is 24.3 Å². The van der Waals surface area contributed by atoms with Gasteiger partial charge in [-0.15, -0.1) is 0 Å². The van der Waals surface area contributed by atoms with E-state index in [2.05, 4.69) is 5.32 Å². The summed E-state index contributed by atoms with van der Waals surface area (Å²) in [5, 5.41) is 28.7. The molecule has 0 aliphatic carbocycles. The fourth-order valence-corrected chi connectivity index (χ4v) is 1.81. The molecular formula is C19H31NO7. The molecule has 0 saturated carbocycles. The smallest absolute Gasteiger partial charge is 0.303 e. The molecule has 1 atom stereocenters. The quantitative estimate of drug-likeness (QED) is 0.427. The van der Waals surface area contributed by atoms with Crippen molar-refractivity contribution in [2.24, 2.45) is 0 Å². The van der Waals surface area contributed by atoms with Crippen LogP contribution in [0.1, 0.15) is 32.3 Å². The maximum absolute atomic E-state index is 9.73. The van der Waals surface area contributed by atoms with E-state index in [0.717, 1.165) is 18.8 Å². The zero-order valence-electron chi connectivity index (χ0n) is 16.2. The van der Waals surface area contributed by atoms with E-state index in [-0.39, 0.29) is 12.8 Å². The number of benzene rings is 1.